The van der Waals surface area contributed by atoms with Gasteiger partial charge in [0.15, 0.2) is 0 Å². The highest BCUT2D eigenvalue weighted by atomic mass is 16.5. The van der Waals surface area contributed by atoms with Crippen LogP contribution in [0.5, 0.6) is 0 Å². The van der Waals surface area contributed by atoms with E-state index in [4.69, 9.17) is 10.5 Å². The molecule has 0 saturated carbocycles. The van der Waals surface area contributed by atoms with Crippen molar-refractivity contribution < 1.29 is 9.53 Å². The molecule has 0 aliphatic rings. The van der Waals surface area contributed by atoms with E-state index in [0.717, 1.165) is 23.0 Å². The summed E-state index contributed by atoms with van der Waals surface area (Å²) >= 11 is 0. The maximum atomic E-state index is 11.6. The lowest BCUT2D eigenvalue weighted by molar-refractivity contribution is -0.142. The topological polar surface area (TPSA) is 57.2 Å². The first-order valence-electron chi connectivity index (χ1n) is 8.04. The summed E-state index contributed by atoms with van der Waals surface area (Å²) < 4.78 is 6.95. The Bertz CT molecular complexity index is 850. The van der Waals surface area contributed by atoms with Crippen LogP contribution in [0, 0.1) is 6.92 Å². The van der Waals surface area contributed by atoms with Gasteiger partial charge in [0.05, 0.1) is 7.11 Å². The van der Waals surface area contributed by atoms with Crippen LogP contribution in [-0.4, -0.2) is 23.7 Å². The molecular formula is C20H22N2O2. The number of aryl methyl sites for hydroxylation is 1. The Morgan fingerprint density at radius 1 is 1.17 bits per heavy atom. The molecule has 0 unspecified atom stereocenters. The molecule has 3 aromatic rings. The third kappa shape index (κ3) is 3.34. The van der Waals surface area contributed by atoms with Gasteiger partial charge in [-0.25, -0.2) is 0 Å². The van der Waals surface area contributed by atoms with Gasteiger partial charge in [0.2, 0.25) is 0 Å². The maximum absolute atomic E-state index is 11.6. The summed E-state index contributed by atoms with van der Waals surface area (Å²) in [5.41, 5.74) is 10.6. The van der Waals surface area contributed by atoms with Gasteiger partial charge in [-0.05, 0) is 24.1 Å². The molecule has 1 atom stereocenters. The number of aromatic nitrogens is 1. The van der Waals surface area contributed by atoms with Crippen molar-refractivity contribution in [3.8, 4) is 0 Å². The molecule has 1 heterocycles. The molecule has 0 fully saturated rings. The van der Waals surface area contributed by atoms with Gasteiger partial charge in [0, 0.05) is 30.1 Å². The standard InChI is InChI=1S/C20H22N2O2/c1-14-7-9-15(10-8-14)12-22-13-16(11-18(21)20(23)24-2)17-5-3-4-6-19(17)22/h3-10,13,18H,11-12,21H2,1-2H3/t18-/m0/s1. The zero-order valence-electron chi connectivity index (χ0n) is 14.0. The van der Waals surface area contributed by atoms with Crippen LogP contribution in [0.2, 0.25) is 0 Å². The molecule has 4 heteroatoms. The molecule has 0 spiro atoms. The van der Waals surface area contributed by atoms with E-state index in [1.807, 2.05) is 12.1 Å². The van der Waals surface area contributed by atoms with Crippen LogP contribution in [0.4, 0.5) is 0 Å². The molecule has 124 valence electrons. The van der Waals surface area contributed by atoms with Crippen molar-refractivity contribution in [1.29, 1.82) is 0 Å². The fourth-order valence-corrected chi connectivity index (χ4v) is 2.98. The molecule has 24 heavy (non-hydrogen) atoms. The summed E-state index contributed by atoms with van der Waals surface area (Å²) in [7, 11) is 1.36. The molecule has 2 aromatic carbocycles. The number of carbonyl (C=O) groups is 1. The van der Waals surface area contributed by atoms with E-state index in [1.54, 1.807) is 0 Å². The third-order valence-corrected chi connectivity index (χ3v) is 4.29. The Labute approximate surface area is 141 Å². The van der Waals surface area contributed by atoms with E-state index in [1.165, 1.54) is 18.2 Å². The summed E-state index contributed by atoms with van der Waals surface area (Å²) in [5, 5.41) is 1.13. The highest BCUT2D eigenvalue weighted by Gasteiger charge is 2.17. The number of hydrogen-bond acceptors (Lipinski definition) is 3. The van der Waals surface area contributed by atoms with Crippen molar-refractivity contribution in [3.63, 3.8) is 0 Å². The molecule has 0 bridgehead atoms. The minimum absolute atomic E-state index is 0.384. The predicted molar refractivity (Wildman–Crippen MR) is 95.9 cm³/mol. The number of hydrogen-bond donors (Lipinski definition) is 1. The van der Waals surface area contributed by atoms with Crippen molar-refractivity contribution >= 4 is 16.9 Å². The molecule has 0 saturated heterocycles. The average molecular weight is 322 g/mol. The Kier molecular flexibility index (Phi) is 4.67. The summed E-state index contributed by atoms with van der Waals surface area (Å²) in [6, 6.07) is 16.1. The lowest BCUT2D eigenvalue weighted by Crippen LogP contribution is -2.33. The Morgan fingerprint density at radius 3 is 2.58 bits per heavy atom. The van der Waals surface area contributed by atoms with Crippen LogP contribution in [-0.2, 0) is 22.5 Å². The van der Waals surface area contributed by atoms with Gasteiger partial charge < -0.3 is 15.0 Å². The van der Waals surface area contributed by atoms with Gasteiger partial charge in [-0.2, -0.15) is 0 Å². The normalized spacial score (nSPS) is 12.3. The van der Waals surface area contributed by atoms with Crippen molar-refractivity contribution in [2.75, 3.05) is 7.11 Å². The number of fused-ring (bicyclic) bond motifs is 1. The third-order valence-electron chi connectivity index (χ3n) is 4.29. The molecule has 2 N–H and O–H groups in total. The molecule has 3 rings (SSSR count). The first-order chi connectivity index (χ1) is 11.6. The first kappa shape index (κ1) is 16.3. The van der Waals surface area contributed by atoms with E-state index < -0.39 is 6.04 Å². The lowest BCUT2D eigenvalue weighted by Gasteiger charge is -2.08. The van der Waals surface area contributed by atoms with Gasteiger partial charge in [0.1, 0.15) is 6.04 Å². The number of para-hydroxylation sites is 1. The molecule has 4 nitrogen and oxygen atoms in total. The smallest absolute Gasteiger partial charge is 0.322 e. The van der Waals surface area contributed by atoms with E-state index >= 15 is 0 Å². The molecule has 0 aliphatic heterocycles. The summed E-state index contributed by atoms with van der Waals surface area (Å²) in [6.07, 6.45) is 2.56. The van der Waals surface area contributed by atoms with Gasteiger partial charge in [-0.15, -0.1) is 0 Å². The lowest BCUT2D eigenvalue weighted by atomic mass is 10.1. The Hall–Kier alpha value is -2.59. The number of benzene rings is 2. The predicted octanol–water partition coefficient (Wildman–Crippen LogP) is 3.04. The maximum Gasteiger partial charge on any atom is 0.322 e. The summed E-state index contributed by atoms with van der Waals surface area (Å²) in [4.78, 5) is 11.6. The Balaban J connectivity index is 1.94. The van der Waals surface area contributed by atoms with E-state index in [-0.39, 0.29) is 5.97 Å². The number of esters is 1. The van der Waals surface area contributed by atoms with Crippen LogP contribution in [0.1, 0.15) is 16.7 Å². The highest BCUT2D eigenvalue weighted by molar-refractivity contribution is 5.85. The minimum atomic E-state index is -0.645. The van der Waals surface area contributed by atoms with Crippen molar-refractivity contribution in [2.24, 2.45) is 5.73 Å². The van der Waals surface area contributed by atoms with Crippen molar-refractivity contribution in [1.82, 2.24) is 4.57 Å². The summed E-state index contributed by atoms with van der Waals surface area (Å²) in [5.74, 6) is -0.384. The highest BCUT2D eigenvalue weighted by Crippen LogP contribution is 2.23. The van der Waals surface area contributed by atoms with Gasteiger partial charge >= 0.3 is 5.97 Å². The quantitative estimate of drug-likeness (QED) is 0.735. The largest absolute Gasteiger partial charge is 0.468 e. The zero-order valence-corrected chi connectivity index (χ0v) is 14.0. The number of rotatable bonds is 5. The van der Waals surface area contributed by atoms with Crippen LogP contribution >= 0.6 is 0 Å². The number of ether oxygens (including phenoxy) is 1. The Morgan fingerprint density at radius 2 is 1.88 bits per heavy atom. The van der Waals surface area contributed by atoms with Crippen LogP contribution < -0.4 is 5.73 Å². The molecule has 0 amide bonds. The second-order valence-corrected chi connectivity index (χ2v) is 6.12. The average Bonchev–Trinajstić information content (AvgIpc) is 2.94. The van der Waals surface area contributed by atoms with Crippen LogP contribution in [0.15, 0.2) is 54.7 Å². The fourth-order valence-electron chi connectivity index (χ4n) is 2.98. The number of nitrogens with two attached hydrogens (primary N) is 1. The van der Waals surface area contributed by atoms with E-state index in [2.05, 4.69) is 54.1 Å². The fraction of sp³-hybridized carbons (Fsp3) is 0.250. The number of methoxy groups -OCH3 is 1. The zero-order chi connectivity index (χ0) is 17.1. The number of carbonyl (C=O) groups excluding carboxylic acids is 1. The van der Waals surface area contributed by atoms with E-state index in [9.17, 15) is 4.79 Å². The molecule has 0 radical (unpaired) electrons. The monoisotopic (exact) mass is 322 g/mol. The molecule has 1 aromatic heterocycles. The summed E-state index contributed by atoms with van der Waals surface area (Å²) in [6.45, 7) is 2.87. The van der Waals surface area contributed by atoms with Gasteiger partial charge in [-0.3, -0.25) is 4.79 Å². The van der Waals surface area contributed by atoms with Crippen molar-refractivity contribution in [2.45, 2.75) is 25.9 Å². The minimum Gasteiger partial charge on any atom is -0.468 e. The number of nitrogens with zero attached hydrogens (tertiary/aromatic N) is 1. The second-order valence-electron chi connectivity index (χ2n) is 6.12. The van der Waals surface area contributed by atoms with Gasteiger partial charge in [0.25, 0.3) is 0 Å². The van der Waals surface area contributed by atoms with Crippen LogP contribution in [0.3, 0.4) is 0 Å². The van der Waals surface area contributed by atoms with E-state index in [0.29, 0.717) is 6.42 Å². The van der Waals surface area contributed by atoms with Crippen molar-refractivity contribution in [3.05, 3.63) is 71.4 Å². The van der Waals surface area contributed by atoms with Crippen LogP contribution in [0.25, 0.3) is 10.9 Å². The SMILES string of the molecule is COC(=O)[C@@H](N)Cc1cn(Cc2ccc(C)cc2)c2ccccc12. The second kappa shape index (κ2) is 6.89. The van der Waals surface area contributed by atoms with Gasteiger partial charge in [-0.1, -0.05) is 48.0 Å². The first-order valence-corrected chi connectivity index (χ1v) is 8.04. The molecular weight excluding hydrogens is 300 g/mol. The molecule has 0 aliphatic carbocycles.